The summed E-state index contributed by atoms with van der Waals surface area (Å²) in [6, 6.07) is 5.66. The van der Waals surface area contributed by atoms with Gasteiger partial charge in [0.15, 0.2) is 0 Å². The molecule has 0 bridgehead atoms. The van der Waals surface area contributed by atoms with Crippen LogP contribution >= 0.6 is 0 Å². The molecule has 2 N–H and O–H groups in total. The molecule has 3 amide bonds. The molecular weight excluding hydrogens is 333 g/mol. The molecule has 0 radical (unpaired) electrons. The molecule has 2 aliphatic rings. The summed E-state index contributed by atoms with van der Waals surface area (Å²) in [5.41, 5.74) is 0.605. The van der Waals surface area contributed by atoms with Crippen molar-refractivity contribution in [2.45, 2.75) is 44.9 Å². The van der Waals surface area contributed by atoms with Crippen molar-refractivity contribution in [3.05, 3.63) is 30.1 Å². The van der Waals surface area contributed by atoms with Crippen molar-refractivity contribution >= 4 is 17.6 Å². The van der Waals surface area contributed by atoms with Crippen molar-refractivity contribution in [3.63, 3.8) is 0 Å². The standard InChI is InChI=1S/C20H28FN3O2/c21-17-5-7-18(8-6-17)23-20(26)24-13-10-15(11-14-24)9-12-22-19(25)16-3-1-2-4-16/h5-8,15-16H,1-4,9-14H2,(H,22,25)(H,23,26). The number of piperidine rings is 1. The van der Waals surface area contributed by atoms with E-state index in [1.54, 1.807) is 17.0 Å². The predicted octanol–water partition coefficient (Wildman–Crippen LogP) is 3.77. The Morgan fingerprint density at radius 3 is 2.35 bits per heavy atom. The highest BCUT2D eigenvalue weighted by Gasteiger charge is 2.24. The number of amides is 3. The second kappa shape index (κ2) is 9.01. The van der Waals surface area contributed by atoms with Gasteiger partial charge >= 0.3 is 6.03 Å². The van der Waals surface area contributed by atoms with E-state index in [1.807, 2.05) is 0 Å². The van der Waals surface area contributed by atoms with Crippen molar-refractivity contribution < 1.29 is 14.0 Å². The van der Waals surface area contributed by atoms with E-state index in [2.05, 4.69) is 10.6 Å². The van der Waals surface area contributed by atoms with Crippen LogP contribution in [0.1, 0.15) is 44.9 Å². The molecule has 1 saturated heterocycles. The van der Waals surface area contributed by atoms with Gasteiger partial charge in [-0.05, 0) is 62.3 Å². The van der Waals surface area contributed by atoms with Gasteiger partial charge in [0, 0.05) is 31.2 Å². The number of rotatable bonds is 5. The number of urea groups is 1. The number of likely N-dealkylation sites (tertiary alicyclic amines) is 1. The van der Waals surface area contributed by atoms with Crippen LogP contribution in [-0.2, 0) is 4.79 Å². The molecule has 2 fully saturated rings. The van der Waals surface area contributed by atoms with Gasteiger partial charge in [0.05, 0.1) is 0 Å². The smallest absolute Gasteiger partial charge is 0.321 e. The Balaban J connectivity index is 1.33. The van der Waals surface area contributed by atoms with Crippen LogP contribution in [0.4, 0.5) is 14.9 Å². The van der Waals surface area contributed by atoms with Gasteiger partial charge in [-0.2, -0.15) is 0 Å². The molecule has 142 valence electrons. The minimum Gasteiger partial charge on any atom is -0.356 e. The van der Waals surface area contributed by atoms with Gasteiger partial charge < -0.3 is 15.5 Å². The van der Waals surface area contributed by atoms with E-state index in [4.69, 9.17) is 0 Å². The number of nitrogens with zero attached hydrogens (tertiary/aromatic N) is 1. The third-order valence-corrected chi connectivity index (χ3v) is 5.58. The highest BCUT2D eigenvalue weighted by molar-refractivity contribution is 5.89. The Kier molecular flexibility index (Phi) is 6.47. The molecule has 0 spiro atoms. The van der Waals surface area contributed by atoms with Crippen LogP contribution in [0.2, 0.25) is 0 Å². The maximum absolute atomic E-state index is 12.9. The maximum atomic E-state index is 12.9. The van der Waals surface area contributed by atoms with E-state index in [1.165, 1.54) is 25.0 Å². The second-order valence-corrected chi connectivity index (χ2v) is 7.43. The summed E-state index contributed by atoms with van der Waals surface area (Å²) in [6.07, 6.45) is 7.31. The lowest BCUT2D eigenvalue weighted by Crippen LogP contribution is -2.41. The number of hydrogen-bond donors (Lipinski definition) is 2. The summed E-state index contributed by atoms with van der Waals surface area (Å²) in [4.78, 5) is 26.1. The van der Waals surface area contributed by atoms with Gasteiger partial charge in [0.2, 0.25) is 5.91 Å². The van der Waals surface area contributed by atoms with Gasteiger partial charge in [0.25, 0.3) is 0 Å². The second-order valence-electron chi connectivity index (χ2n) is 7.43. The average molecular weight is 361 g/mol. The van der Waals surface area contributed by atoms with Crippen LogP contribution in [0.15, 0.2) is 24.3 Å². The number of halogens is 1. The average Bonchev–Trinajstić information content (AvgIpc) is 3.19. The monoisotopic (exact) mass is 361 g/mol. The van der Waals surface area contributed by atoms with Gasteiger partial charge in [-0.3, -0.25) is 4.79 Å². The van der Waals surface area contributed by atoms with E-state index in [9.17, 15) is 14.0 Å². The minimum absolute atomic E-state index is 0.135. The fraction of sp³-hybridized carbons (Fsp3) is 0.600. The van der Waals surface area contributed by atoms with E-state index >= 15 is 0 Å². The molecule has 1 aromatic carbocycles. The van der Waals surface area contributed by atoms with Crippen molar-refractivity contribution in [2.75, 3.05) is 25.0 Å². The summed E-state index contributed by atoms with van der Waals surface area (Å²) in [5, 5.41) is 5.89. The number of anilines is 1. The zero-order valence-corrected chi connectivity index (χ0v) is 15.2. The Hall–Kier alpha value is -2.11. The zero-order valence-electron chi connectivity index (χ0n) is 15.2. The Labute approximate surface area is 154 Å². The van der Waals surface area contributed by atoms with Crippen LogP contribution in [-0.4, -0.2) is 36.5 Å². The van der Waals surface area contributed by atoms with E-state index in [0.29, 0.717) is 24.7 Å². The highest BCUT2D eigenvalue weighted by Crippen LogP contribution is 2.25. The molecule has 6 heteroatoms. The third kappa shape index (κ3) is 5.19. The van der Waals surface area contributed by atoms with E-state index < -0.39 is 0 Å². The molecule has 1 saturated carbocycles. The number of carbonyl (C=O) groups excluding carboxylic acids is 2. The van der Waals surface area contributed by atoms with Gasteiger partial charge in [-0.25, -0.2) is 9.18 Å². The lowest BCUT2D eigenvalue weighted by atomic mass is 9.93. The predicted molar refractivity (Wildman–Crippen MR) is 99.3 cm³/mol. The summed E-state index contributed by atoms with van der Waals surface area (Å²) < 4.78 is 12.9. The minimum atomic E-state index is -0.316. The fourth-order valence-electron chi connectivity index (χ4n) is 3.89. The van der Waals surface area contributed by atoms with Crippen LogP contribution < -0.4 is 10.6 Å². The highest BCUT2D eigenvalue weighted by atomic mass is 19.1. The molecule has 0 atom stereocenters. The molecule has 1 aliphatic heterocycles. The Bertz CT molecular complexity index is 606. The molecule has 0 aromatic heterocycles. The van der Waals surface area contributed by atoms with Gasteiger partial charge in [-0.15, -0.1) is 0 Å². The van der Waals surface area contributed by atoms with Gasteiger partial charge in [0.1, 0.15) is 5.82 Å². The largest absolute Gasteiger partial charge is 0.356 e. The van der Waals surface area contributed by atoms with Crippen molar-refractivity contribution in [3.8, 4) is 0 Å². The molecule has 3 rings (SSSR count). The van der Waals surface area contributed by atoms with E-state index in [0.717, 1.165) is 38.6 Å². The molecule has 1 heterocycles. The number of hydrogen-bond acceptors (Lipinski definition) is 2. The fourth-order valence-corrected chi connectivity index (χ4v) is 3.89. The first kappa shape index (κ1) is 18.7. The molecule has 0 unspecified atom stereocenters. The number of nitrogens with one attached hydrogen (secondary N) is 2. The van der Waals surface area contributed by atoms with E-state index in [-0.39, 0.29) is 23.7 Å². The first-order chi connectivity index (χ1) is 12.6. The third-order valence-electron chi connectivity index (χ3n) is 5.58. The van der Waals surface area contributed by atoms with Crippen molar-refractivity contribution in [1.29, 1.82) is 0 Å². The molecule has 1 aliphatic carbocycles. The van der Waals surface area contributed by atoms with Crippen LogP contribution in [0.25, 0.3) is 0 Å². The first-order valence-electron chi connectivity index (χ1n) is 9.71. The van der Waals surface area contributed by atoms with Crippen LogP contribution in [0.3, 0.4) is 0 Å². The summed E-state index contributed by atoms with van der Waals surface area (Å²) in [5.74, 6) is 0.684. The number of benzene rings is 1. The lowest BCUT2D eigenvalue weighted by molar-refractivity contribution is -0.124. The SMILES string of the molecule is O=C(NCCC1CCN(C(=O)Nc2ccc(F)cc2)CC1)C1CCCC1. The normalized spacial score (nSPS) is 18.7. The van der Waals surface area contributed by atoms with Crippen molar-refractivity contribution in [1.82, 2.24) is 10.2 Å². The number of carbonyl (C=O) groups is 2. The van der Waals surface area contributed by atoms with Crippen molar-refractivity contribution in [2.24, 2.45) is 11.8 Å². The van der Waals surface area contributed by atoms with Crippen LogP contribution in [0.5, 0.6) is 0 Å². The lowest BCUT2D eigenvalue weighted by Gasteiger charge is -2.32. The quantitative estimate of drug-likeness (QED) is 0.839. The molecule has 5 nitrogen and oxygen atoms in total. The Morgan fingerprint density at radius 2 is 1.69 bits per heavy atom. The Morgan fingerprint density at radius 1 is 1.04 bits per heavy atom. The summed E-state index contributed by atoms with van der Waals surface area (Å²) >= 11 is 0. The zero-order chi connectivity index (χ0) is 18.4. The maximum Gasteiger partial charge on any atom is 0.321 e. The van der Waals surface area contributed by atoms with Gasteiger partial charge in [-0.1, -0.05) is 12.8 Å². The molecular formula is C20H28FN3O2. The molecule has 26 heavy (non-hydrogen) atoms. The first-order valence-corrected chi connectivity index (χ1v) is 9.71. The summed E-state index contributed by atoms with van der Waals surface area (Å²) in [6.45, 7) is 2.17. The molecule has 1 aromatic rings. The topological polar surface area (TPSA) is 61.4 Å². The van der Waals surface area contributed by atoms with Crippen LogP contribution in [0, 0.1) is 17.7 Å². The summed E-state index contributed by atoms with van der Waals surface area (Å²) in [7, 11) is 0.